The molecular weight excluding hydrogens is 404 g/mol. The Bertz CT molecular complexity index is 1140. The number of carbonyl (C=O) groups is 2. The van der Waals surface area contributed by atoms with Crippen LogP contribution < -0.4 is 20.3 Å². The highest BCUT2D eigenvalue weighted by atomic mass is 16.5. The van der Waals surface area contributed by atoms with Gasteiger partial charge in [0.15, 0.2) is 0 Å². The predicted molar refractivity (Wildman–Crippen MR) is 125 cm³/mol. The maximum absolute atomic E-state index is 13.1. The van der Waals surface area contributed by atoms with Gasteiger partial charge in [0.25, 0.3) is 5.91 Å². The maximum atomic E-state index is 13.1. The number of anilines is 2. The molecule has 7 nitrogen and oxygen atoms in total. The summed E-state index contributed by atoms with van der Waals surface area (Å²) in [7, 11) is 1.68. The number of urea groups is 1. The van der Waals surface area contributed by atoms with Crippen molar-refractivity contribution in [3.05, 3.63) is 90.0 Å². The quantitative estimate of drug-likeness (QED) is 0.643. The monoisotopic (exact) mass is 428 g/mol. The van der Waals surface area contributed by atoms with Gasteiger partial charge in [-0.1, -0.05) is 48.5 Å². The Balaban J connectivity index is 1.61. The minimum Gasteiger partial charge on any atom is -0.494 e. The highest BCUT2D eigenvalue weighted by Crippen LogP contribution is 2.27. The number of benzene rings is 3. The maximum Gasteiger partial charge on any atom is 0.321 e. The topological polar surface area (TPSA) is 83.0 Å². The molecule has 3 amide bonds. The van der Waals surface area contributed by atoms with Crippen molar-refractivity contribution in [3.8, 4) is 5.75 Å². The molecule has 0 aliphatic carbocycles. The molecular formula is C25H24N4O3. The van der Waals surface area contributed by atoms with E-state index in [0.717, 1.165) is 16.8 Å². The molecule has 32 heavy (non-hydrogen) atoms. The number of benzodiazepines with no additional fused rings is 1. The lowest BCUT2D eigenvalue weighted by Gasteiger charge is -2.21. The highest BCUT2D eigenvalue weighted by molar-refractivity contribution is 6.20. The van der Waals surface area contributed by atoms with Crippen LogP contribution in [0, 0.1) is 0 Å². The molecule has 1 aliphatic heterocycles. The molecule has 1 aliphatic rings. The largest absolute Gasteiger partial charge is 0.494 e. The van der Waals surface area contributed by atoms with Gasteiger partial charge in [-0.05, 0) is 37.3 Å². The van der Waals surface area contributed by atoms with Crippen LogP contribution in [0.15, 0.2) is 83.9 Å². The number of hydrogen-bond donors (Lipinski definition) is 2. The summed E-state index contributed by atoms with van der Waals surface area (Å²) in [4.78, 5) is 32.0. The minimum absolute atomic E-state index is 0.328. The number of aliphatic imine (C=N–C) groups is 1. The number of likely N-dealkylation sites (N-methyl/N-ethyl adjacent to an activating group) is 1. The second-order valence-electron chi connectivity index (χ2n) is 7.22. The molecule has 162 valence electrons. The average molecular weight is 428 g/mol. The summed E-state index contributed by atoms with van der Waals surface area (Å²) >= 11 is 0. The van der Waals surface area contributed by atoms with E-state index < -0.39 is 12.2 Å². The van der Waals surface area contributed by atoms with Crippen molar-refractivity contribution >= 4 is 29.0 Å². The first-order chi connectivity index (χ1) is 15.6. The summed E-state index contributed by atoms with van der Waals surface area (Å²) in [5.41, 5.74) is 3.64. The Morgan fingerprint density at radius 2 is 1.69 bits per heavy atom. The Morgan fingerprint density at radius 1 is 1.00 bits per heavy atom. The number of carbonyl (C=O) groups excluding carboxylic acids is 2. The van der Waals surface area contributed by atoms with E-state index in [-0.39, 0.29) is 5.91 Å². The standard InChI is InChI=1S/C25H24N4O3/c1-3-32-19-15-13-18(14-16-19)26-25(31)28-23-24(30)29(2)21-12-8-7-11-20(21)22(27-23)17-9-5-4-6-10-17/h4-16,23H,3H2,1-2H3,(H2,26,28,31). The first-order valence-electron chi connectivity index (χ1n) is 10.4. The van der Waals surface area contributed by atoms with E-state index in [1.807, 2.05) is 61.5 Å². The lowest BCUT2D eigenvalue weighted by Crippen LogP contribution is -2.47. The predicted octanol–water partition coefficient (Wildman–Crippen LogP) is 4.05. The number of nitrogens with zero attached hydrogens (tertiary/aromatic N) is 2. The van der Waals surface area contributed by atoms with Gasteiger partial charge in [0.2, 0.25) is 6.17 Å². The van der Waals surface area contributed by atoms with Crippen LogP contribution in [-0.2, 0) is 4.79 Å². The summed E-state index contributed by atoms with van der Waals surface area (Å²) in [5.74, 6) is 0.388. The molecule has 0 spiro atoms. The van der Waals surface area contributed by atoms with Crippen LogP contribution >= 0.6 is 0 Å². The third-order valence-corrected chi connectivity index (χ3v) is 5.08. The fourth-order valence-corrected chi connectivity index (χ4v) is 3.53. The molecule has 0 bridgehead atoms. The number of nitrogens with one attached hydrogen (secondary N) is 2. The molecule has 4 rings (SSSR count). The number of fused-ring (bicyclic) bond motifs is 1. The molecule has 2 N–H and O–H groups in total. The van der Waals surface area contributed by atoms with Gasteiger partial charge in [-0.25, -0.2) is 9.79 Å². The lowest BCUT2D eigenvalue weighted by atomic mass is 10.0. The minimum atomic E-state index is -1.08. The van der Waals surface area contributed by atoms with Crippen molar-refractivity contribution in [2.24, 2.45) is 4.99 Å². The molecule has 0 saturated carbocycles. The van der Waals surface area contributed by atoms with Crippen LogP contribution in [0.5, 0.6) is 5.75 Å². The van der Waals surface area contributed by atoms with Crippen molar-refractivity contribution in [3.63, 3.8) is 0 Å². The van der Waals surface area contributed by atoms with Gasteiger partial charge in [-0.3, -0.25) is 4.79 Å². The van der Waals surface area contributed by atoms with Gasteiger partial charge in [-0.15, -0.1) is 0 Å². The fourth-order valence-electron chi connectivity index (χ4n) is 3.53. The third-order valence-electron chi connectivity index (χ3n) is 5.08. The highest BCUT2D eigenvalue weighted by Gasteiger charge is 2.30. The summed E-state index contributed by atoms with van der Waals surface area (Å²) < 4.78 is 5.42. The van der Waals surface area contributed by atoms with Gasteiger partial charge in [0.05, 0.1) is 18.0 Å². The lowest BCUT2D eigenvalue weighted by molar-refractivity contribution is -0.119. The molecule has 3 aromatic carbocycles. The SMILES string of the molecule is CCOc1ccc(NC(=O)NC2N=C(c3ccccc3)c3ccccc3N(C)C2=O)cc1. The van der Waals surface area contributed by atoms with Crippen LogP contribution in [0.25, 0.3) is 0 Å². The molecule has 0 saturated heterocycles. The number of ether oxygens (including phenoxy) is 1. The van der Waals surface area contributed by atoms with Crippen LogP contribution in [0.2, 0.25) is 0 Å². The number of para-hydroxylation sites is 1. The molecule has 1 unspecified atom stereocenters. The second kappa shape index (κ2) is 9.34. The van der Waals surface area contributed by atoms with Gasteiger partial charge in [0, 0.05) is 23.9 Å². The van der Waals surface area contributed by atoms with Crippen LogP contribution in [0.3, 0.4) is 0 Å². The van der Waals surface area contributed by atoms with Crippen molar-refractivity contribution in [1.82, 2.24) is 5.32 Å². The summed E-state index contributed by atoms with van der Waals surface area (Å²) in [5, 5.41) is 5.45. The molecule has 3 aromatic rings. The molecule has 1 atom stereocenters. The Morgan fingerprint density at radius 3 is 2.41 bits per heavy atom. The smallest absolute Gasteiger partial charge is 0.321 e. The number of rotatable bonds is 5. The number of amides is 3. The summed E-state index contributed by atoms with van der Waals surface area (Å²) in [6.07, 6.45) is -1.08. The molecule has 7 heteroatoms. The zero-order valence-corrected chi connectivity index (χ0v) is 17.9. The van der Waals surface area contributed by atoms with Crippen LogP contribution in [-0.4, -0.2) is 37.5 Å². The van der Waals surface area contributed by atoms with Gasteiger partial charge in [0.1, 0.15) is 5.75 Å². The van der Waals surface area contributed by atoms with Crippen molar-refractivity contribution in [2.45, 2.75) is 13.1 Å². The normalized spacial score (nSPS) is 15.3. The Hall–Kier alpha value is -4.13. The van der Waals surface area contributed by atoms with E-state index in [1.165, 1.54) is 4.90 Å². The van der Waals surface area contributed by atoms with E-state index in [2.05, 4.69) is 15.6 Å². The fraction of sp³-hybridized carbons (Fsp3) is 0.160. The van der Waals surface area contributed by atoms with Crippen LogP contribution in [0.4, 0.5) is 16.2 Å². The molecule has 1 heterocycles. The Kier molecular flexibility index (Phi) is 6.17. The molecule has 0 aromatic heterocycles. The van der Waals surface area contributed by atoms with E-state index in [1.54, 1.807) is 31.3 Å². The van der Waals surface area contributed by atoms with Gasteiger partial charge >= 0.3 is 6.03 Å². The number of hydrogen-bond acceptors (Lipinski definition) is 4. The van der Waals surface area contributed by atoms with Crippen LogP contribution in [0.1, 0.15) is 18.1 Å². The Labute approximate surface area is 186 Å². The van der Waals surface area contributed by atoms with Gasteiger partial charge < -0.3 is 20.3 Å². The third kappa shape index (κ3) is 4.46. The first-order valence-corrected chi connectivity index (χ1v) is 10.4. The summed E-state index contributed by atoms with van der Waals surface area (Å²) in [6.45, 7) is 2.47. The van der Waals surface area contributed by atoms with E-state index in [9.17, 15) is 9.59 Å². The van der Waals surface area contributed by atoms with Gasteiger partial charge in [-0.2, -0.15) is 0 Å². The van der Waals surface area contributed by atoms with Crippen molar-refractivity contribution in [1.29, 1.82) is 0 Å². The second-order valence-corrected chi connectivity index (χ2v) is 7.22. The summed E-state index contributed by atoms with van der Waals surface area (Å²) in [6, 6.07) is 23.7. The van der Waals surface area contributed by atoms with E-state index in [0.29, 0.717) is 23.8 Å². The van der Waals surface area contributed by atoms with Crippen molar-refractivity contribution in [2.75, 3.05) is 23.9 Å². The molecule has 0 fully saturated rings. The van der Waals surface area contributed by atoms with Crippen molar-refractivity contribution < 1.29 is 14.3 Å². The zero-order chi connectivity index (χ0) is 22.5. The molecule has 0 radical (unpaired) electrons. The van der Waals surface area contributed by atoms with E-state index in [4.69, 9.17) is 4.74 Å². The first kappa shape index (κ1) is 21.1. The van der Waals surface area contributed by atoms with E-state index >= 15 is 0 Å². The average Bonchev–Trinajstić information content (AvgIpc) is 2.92. The zero-order valence-electron chi connectivity index (χ0n) is 17.9.